The van der Waals surface area contributed by atoms with Crippen molar-refractivity contribution < 1.29 is 4.79 Å². The summed E-state index contributed by atoms with van der Waals surface area (Å²) >= 11 is 0. The monoisotopic (exact) mass is 173 g/mol. The average molecular weight is 173 g/mol. The molecule has 3 heteroatoms. The van der Waals surface area contributed by atoms with Gasteiger partial charge in [0.1, 0.15) is 6.29 Å². The number of hydrogen-bond acceptors (Lipinski definition) is 2. The lowest BCUT2D eigenvalue weighted by Gasteiger charge is -2.30. The lowest BCUT2D eigenvalue weighted by atomic mass is 9.92. The van der Waals surface area contributed by atoms with E-state index in [2.05, 4.69) is 16.9 Å². The van der Waals surface area contributed by atoms with Gasteiger partial charge in [-0.05, 0) is 17.5 Å². The maximum absolute atomic E-state index is 10.7. The molecular weight excluding hydrogens is 161 g/mol. The average Bonchev–Trinajstić information content (AvgIpc) is 2.17. The summed E-state index contributed by atoms with van der Waals surface area (Å²) in [5.41, 5.74) is 2.67. The lowest BCUT2D eigenvalue weighted by Crippen LogP contribution is -2.39. The summed E-state index contributed by atoms with van der Waals surface area (Å²) in [6.45, 7) is 0.888. The van der Waals surface area contributed by atoms with Crippen LogP contribution in [0.4, 0.5) is 0 Å². The van der Waals surface area contributed by atoms with Crippen LogP contribution in [0, 0.1) is 0 Å². The Hall–Kier alpha value is -1.09. The van der Waals surface area contributed by atoms with Crippen LogP contribution in [-0.4, -0.2) is 25.1 Å². The van der Waals surface area contributed by atoms with E-state index in [9.17, 15) is 4.79 Å². The first-order valence-electron chi connectivity index (χ1n) is 4.53. The number of benzene rings is 1. The molecule has 1 aliphatic heterocycles. The van der Waals surface area contributed by atoms with Gasteiger partial charge in [-0.25, -0.2) is 0 Å². The third-order valence-electron chi connectivity index (χ3n) is 2.69. The quantitative estimate of drug-likeness (QED) is 0.445. The first-order valence-corrected chi connectivity index (χ1v) is 4.53. The molecule has 1 aliphatic rings. The van der Waals surface area contributed by atoms with Gasteiger partial charge >= 0.3 is 0 Å². The first kappa shape index (κ1) is 8.51. The normalized spacial score (nSPS) is 22.3. The summed E-state index contributed by atoms with van der Waals surface area (Å²) in [5, 5.41) is 0. The first-order chi connectivity index (χ1) is 6.31. The molecule has 0 aromatic heterocycles. The zero-order chi connectivity index (χ0) is 9.26. The Kier molecular flexibility index (Phi) is 2.19. The molecule has 2 rings (SSSR count). The van der Waals surface area contributed by atoms with E-state index < -0.39 is 0 Å². The Morgan fingerprint density at radius 1 is 1.38 bits per heavy atom. The van der Waals surface area contributed by atoms with E-state index in [0.29, 0.717) is 0 Å². The molecule has 0 fully saturated rings. The number of rotatable bonds is 1. The maximum Gasteiger partial charge on any atom is 0.186 e. The van der Waals surface area contributed by atoms with Crippen molar-refractivity contribution in [1.82, 2.24) is 4.81 Å². The highest BCUT2D eigenvalue weighted by Gasteiger charge is 2.21. The Morgan fingerprint density at radius 3 is 2.77 bits per heavy atom. The van der Waals surface area contributed by atoms with Crippen LogP contribution in [0.25, 0.3) is 0 Å². The molecule has 1 aromatic rings. The van der Waals surface area contributed by atoms with Gasteiger partial charge in [0, 0.05) is 6.54 Å². The number of nitrogens with zero attached hydrogens (tertiary/aromatic N) is 1. The molecule has 1 heterocycles. The summed E-state index contributed by atoms with van der Waals surface area (Å²) in [6, 6.07) is 8.39. The van der Waals surface area contributed by atoms with Gasteiger partial charge in [0.05, 0.1) is 6.04 Å². The predicted molar refractivity (Wildman–Crippen MR) is 54.1 cm³/mol. The Morgan fingerprint density at radius 2 is 2.08 bits per heavy atom. The van der Waals surface area contributed by atoms with Crippen molar-refractivity contribution >= 4 is 14.3 Å². The van der Waals surface area contributed by atoms with Crippen LogP contribution in [0.5, 0.6) is 0 Å². The number of carbonyl (C=O) groups excluding carboxylic acids is 1. The van der Waals surface area contributed by atoms with Crippen LogP contribution >= 0.6 is 0 Å². The van der Waals surface area contributed by atoms with E-state index in [1.165, 1.54) is 11.1 Å². The number of carbonyl (C=O) groups is 1. The van der Waals surface area contributed by atoms with Gasteiger partial charge in [-0.1, -0.05) is 24.3 Å². The van der Waals surface area contributed by atoms with Crippen molar-refractivity contribution in [3.8, 4) is 0 Å². The molecular formula is C10H12BNO. The molecule has 1 atom stereocenters. The minimum atomic E-state index is 0.0647. The summed E-state index contributed by atoms with van der Waals surface area (Å²) in [4.78, 5) is 12.8. The maximum atomic E-state index is 10.7. The highest BCUT2D eigenvalue weighted by Crippen LogP contribution is 2.20. The molecule has 0 aliphatic carbocycles. The van der Waals surface area contributed by atoms with E-state index in [1.807, 2.05) is 20.1 Å². The van der Waals surface area contributed by atoms with E-state index in [0.717, 1.165) is 19.3 Å². The van der Waals surface area contributed by atoms with E-state index in [4.69, 9.17) is 0 Å². The number of fused-ring (bicyclic) bond motifs is 1. The third kappa shape index (κ3) is 1.52. The van der Waals surface area contributed by atoms with Crippen molar-refractivity contribution in [3.05, 3.63) is 35.4 Å². The van der Waals surface area contributed by atoms with Crippen LogP contribution in [0.15, 0.2) is 24.3 Å². The fourth-order valence-electron chi connectivity index (χ4n) is 1.83. The van der Waals surface area contributed by atoms with Crippen molar-refractivity contribution in [2.45, 2.75) is 19.0 Å². The highest BCUT2D eigenvalue weighted by atomic mass is 16.1. The second kappa shape index (κ2) is 3.34. The lowest BCUT2D eigenvalue weighted by molar-refractivity contribution is -0.111. The third-order valence-corrected chi connectivity index (χ3v) is 2.69. The zero-order valence-corrected chi connectivity index (χ0v) is 7.73. The highest BCUT2D eigenvalue weighted by molar-refractivity contribution is 6.05. The summed E-state index contributed by atoms with van der Waals surface area (Å²) in [5.74, 6) is 0. The number of aldehydes is 1. The largest absolute Gasteiger partial charge is 0.336 e. The SMILES string of the molecule is BN1Cc2ccccc2C[C@H]1C=O. The summed E-state index contributed by atoms with van der Waals surface area (Å²) < 4.78 is 0. The van der Waals surface area contributed by atoms with Crippen LogP contribution in [0.2, 0.25) is 0 Å². The van der Waals surface area contributed by atoms with Crippen molar-refractivity contribution in [3.63, 3.8) is 0 Å². The predicted octanol–water partition coefficient (Wildman–Crippen LogP) is 0.160. The molecule has 0 N–H and O–H groups in total. The summed E-state index contributed by atoms with van der Waals surface area (Å²) in [6.07, 6.45) is 1.89. The molecule has 1 aromatic carbocycles. The molecule has 0 saturated carbocycles. The topological polar surface area (TPSA) is 20.3 Å². The van der Waals surface area contributed by atoms with Crippen LogP contribution < -0.4 is 0 Å². The van der Waals surface area contributed by atoms with Gasteiger partial charge in [0.2, 0.25) is 0 Å². The molecule has 2 nitrogen and oxygen atoms in total. The van der Waals surface area contributed by atoms with Crippen LogP contribution in [0.3, 0.4) is 0 Å². The molecule has 0 spiro atoms. The minimum Gasteiger partial charge on any atom is -0.336 e. The van der Waals surface area contributed by atoms with Crippen LogP contribution in [-0.2, 0) is 17.8 Å². The Balaban J connectivity index is 2.32. The summed E-state index contributed by atoms with van der Waals surface area (Å²) in [7, 11) is 2.00. The van der Waals surface area contributed by atoms with E-state index in [1.54, 1.807) is 0 Å². The van der Waals surface area contributed by atoms with Gasteiger partial charge in [-0.3, -0.25) is 0 Å². The molecule has 0 radical (unpaired) electrons. The van der Waals surface area contributed by atoms with Crippen LogP contribution in [0.1, 0.15) is 11.1 Å². The second-order valence-electron chi connectivity index (χ2n) is 3.59. The van der Waals surface area contributed by atoms with Gasteiger partial charge in [-0.2, -0.15) is 0 Å². The van der Waals surface area contributed by atoms with E-state index in [-0.39, 0.29) is 6.04 Å². The van der Waals surface area contributed by atoms with Gasteiger partial charge in [-0.15, -0.1) is 0 Å². The molecule has 0 saturated heterocycles. The van der Waals surface area contributed by atoms with Gasteiger partial charge in [0.25, 0.3) is 0 Å². The second-order valence-corrected chi connectivity index (χ2v) is 3.59. The molecule has 13 heavy (non-hydrogen) atoms. The van der Waals surface area contributed by atoms with Crippen molar-refractivity contribution in [1.29, 1.82) is 0 Å². The molecule has 0 bridgehead atoms. The molecule has 66 valence electrons. The minimum absolute atomic E-state index is 0.0647. The fourth-order valence-corrected chi connectivity index (χ4v) is 1.83. The molecule has 0 unspecified atom stereocenters. The smallest absolute Gasteiger partial charge is 0.186 e. The Bertz CT molecular complexity index is 326. The zero-order valence-electron chi connectivity index (χ0n) is 7.73. The fraction of sp³-hybridized carbons (Fsp3) is 0.300. The van der Waals surface area contributed by atoms with Crippen molar-refractivity contribution in [2.24, 2.45) is 0 Å². The van der Waals surface area contributed by atoms with E-state index >= 15 is 0 Å². The number of hydrogen-bond donors (Lipinski definition) is 0. The molecule has 0 amide bonds. The van der Waals surface area contributed by atoms with Gasteiger partial charge in [0.15, 0.2) is 7.98 Å². The van der Waals surface area contributed by atoms with Gasteiger partial charge < -0.3 is 9.61 Å². The van der Waals surface area contributed by atoms with Crippen molar-refractivity contribution in [2.75, 3.05) is 0 Å². The Labute approximate surface area is 79.0 Å². The standard InChI is InChI=1S/C10H12BNO/c11-12-6-9-4-2-1-3-8(9)5-10(12)7-13/h1-4,7,10H,5-6,11H2/t10-/m0/s1.